The molecule has 52 valence electrons. The first kappa shape index (κ1) is 6.87. The van der Waals surface area contributed by atoms with Crippen molar-refractivity contribution in [1.29, 1.82) is 0 Å². The fourth-order valence-corrected chi connectivity index (χ4v) is 1.09. The summed E-state index contributed by atoms with van der Waals surface area (Å²) in [4.78, 5) is 10.6. The average molecular weight is 149 g/mol. The van der Waals surface area contributed by atoms with Crippen molar-refractivity contribution in [3.63, 3.8) is 0 Å². The highest BCUT2D eigenvalue weighted by Crippen LogP contribution is 2.16. The average Bonchev–Trinajstić information content (AvgIpc) is 1.93. The van der Waals surface area contributed by atoms with E-state index < -0.39 is 0 Å². The third-order valence-corrected chi connectivity index (χ3v) is 1.63. The third kappa shape index (κ3) is 2.22. The highest BCUT2D eigenvalue weighted by molar-refractivity contribution is 6.20. The standard InChI is InChI=1S/C6H9ClO2/c7-5-3-1-2-4-6(8)9-5/h5H,1-4H2. The monoisotopic (exact) mass is 148 g/mol. The molecule has 1 atom stereocenters. The largest absolute Gasteiger partial charge is 0.446 e. The summed E-state index contributed by atoms with van der Waals surface area (Å²) < 4.78 is 4.74. The van der Waals surface area contributed by atoms with Gasteiger partial charge in [0.2, 0.25) is 0 Å². The number of ether oxygens (including phenoxy) is 1. The van der Waals surface area contributed by atoms with Crippen molar-refractivity contribution in [2.24, 2.45) is 0 Å². The maximum atomic E-state index is 10.6. The predicted octanol–water partition coefficient (Wildman–Crippen LogP) is 1.67. The molecule has 0 aliphatic carbocycles. The Morgan fingerprint density at radius 3 is 3.11 bits per heavy atom. The summed E-state index contributed by atoms with van der Waals surface area (Å²) in [5.41, 5.74) is -0.375. The molecule has 0 spiro atoms. The number of rotatable bonds is 0. The van der Waals surface area contributed by atoms with E-state index in [-0.39, 0.29) is 11.5 Å². The van der Waals surface area contributed by atoms with Gasteiger partial charge in [-0.25, -0.2) is 0 Å². The minimum Gasteiger partial charge on any atom is -0.446 e. The Bertz CT molecular complexity index is 114. The van der Waals surface area contributed by atoms with Crippen molar-refractivity contribution >= 4 is 17.6 Å². The van der Waals surface area contributed by atoms with Gasteiger partial charge in [0.1, 0.15) is 0 Å². The Morgan fingerprint density at radius 1 is 1.56 bits per heavy atom. The molecule has 1 unspecified atom stereocenters. The number of alkyl halides is 1. The summed E-state index contributed by atoms with van der Waals surface area (Å²) in [6, 6.07) is 0. The molecule has 3 heteroatoms. The van der Waals surface area contributed by atoms with E-state index in [9.17, 15) is 4.79 Å². The van der Waals surface area contributed by atoms with E-state index in [1.165, 1.54) is 0 Å². The zero-order valence-electron chi connectivity index (χ0n) is 5.10. The second-order valence-corrected chi connectivity index (χ2v) is 2.63. The number of halogens is 1. The van der Waals surface area contributed by atoms with Gasteiger partial charge in [0.05, 0.1) is 0 Å². The molecule has 0 aromatic heterocycles. The van der Waals surface area contributed by atoms with Gasteiger partial charge in [0, 0.05) is 6.42 Å². The van der Waals surface area contributed by atoms with E-state index in [1.54, 1.807) is 0 Å². The summed E-state index contributed by atoms with van der Waals surface area (Å²) in [6.45, 7) is 0. The van der Waals surface area contributed by atoms with E-state index in [4.69, 9.17) is 16.3 Å². The lowest BCUT2D eigenvalue weighted by Crippen LogP contribution is -2.07. The molecule has 1 aliphatic heterocycles. The highest BCUT2D eigenvalue weighted by Gasteiger charge is 2.14. The summed E-state index contributed by atoms with van der Waals surface area (Å²) in [5, 5.41) is 0. The highest BCUT2D eigenvalue weighted by atomic mass is 35.5. The molecule has 1 rings (SSSR count). The van der Waals surface area contributed by atoms with Crippen LogP contribution >= 0.6 is 11.6 Å². The summed E-state index contributed by atoms with van der Waals surface area (Å²) in [5.74, 6) is -0.160. The lowest BCUT2D eigenvalue weighted by Gasteiger charge is -2.03. The molecule has 1 fully saturated rings. The zero-order valence-corrected chi connectivity index (χ0v) is 5.86. The van der Waals surface area contributed by atoms with E-state index in [1.807, 2.05) is 0 Å². The van der Waals surface area contributed by atoms with Gasteiger partial charge in [-0.15, -0.1) is 0 Å². The van der Waals surface area contributed by atoms with Crippen molar-refractivity contribution in [1.82, 2.24) is 0 Å². The Labute approximate surface area is 59.1 Å². The molecule has 0 aromatic carbocycles. The minimum absolute atomic E-state index is 0.160. The van der Waals surface area contributed by atoms with Crippen molar-refractivity contribution in [2.75, 3.05) is 0 Å². The van der Waals surface area contributed by atoms with Gasteiger partial charge >= 0.3 is 5.97 Å². The van der Waals surface area contributed by atoms with Crippen LogP contribution in [-0.4, -0.2) is 11.5 Å². The van der Waals surface area contributed by atoms with Crippen molar-refractivity contribution in [2.45, 2.75) is 31.2 Å². The van der Waals surface area contributed by atoms with Crippen LogP contribution in [0.1, 0.15) is 25.7 Å². The van der Waals surface area contributed by atoms with Crippen molar-refractivity contribution in [3.8, 4) is 0 Å². The second kappa shape index (κ2) is 3.06. The first-order valence-corrected chi connectivity index (χ1v) is 3.56. The molecule has 1 aliphatic rings. The Hall–Kier alpha value is -0.240. The van der Waals surface area contributed by atoms with Crippen LogP contribution in [0.4, 0.5) is 0 Å². The fourth-order valence-electron chi connectivity index (χ4n) is 0.835. The van der Waals surface area contributed by atoms with E-state index in [0.717, 1.165) is 19.3 Å². The second-order valence-electron chi connectivity index (χ2n) is 2.15. The Kier molecular flexibility index (Phi) is 2.34. The van der Waals surface area contributed by atoms with Gasteiger partial charge < -0.3 is 4.74 Å². The Balaban J connectivity index is 2.37. The van der Waals surface area contributed by atoms with Crippen LogP contribution in [0.2, 0.25) is 0 Å². The molecule has 0 bridgehead atoms. The summed E-state index contributed by atoms with van der Waals surface area (Å²) in [7, 11) is 0. The van der Waals surface area contributed by atoms with Crippen LogP contribution in [0.3, 0.4) is 0 Å². The molecule has 1 saturated heterocycles. The molecule has 2 nitrogen and oxygen atoms in total. The first-order valence-electron chi connectivity index (χ1n) is 3.12. The number of carbonyl (C=O) groups excluding carboxylic acids is 1. The van der Waals surface area contributed by atoms with Crippen LogP contribution in [-0.2, 0) is 9.53 Å². The van der Waals surface area contributed by atoms with Crippen molar-refractivity contribution in [3.05, 3.63) is 0 Å². The first-order chi connectivity index (χ1) is 4.29. The normalized spacial score (nSPS) is 29.0. The molecule has 0 aromatic rings. The molecule has 0 amide bonds. The minimum atomic E-state index is -0.375. The maximum absolute atomic E-state index is 10.6. The lowest BCUT2D eigenvalue weighted by molar-refractivity contribution is -0.144. The number of esters is 1. The van der Waals surface area contributed by atoms with Crippen LogP contribution in [0.5, 0.6) is 0 Å². The molecule has 0 saturated carbocycles. The molecular weight excluding hydrogens is 140 g/mol. The van der Waals surface area contributed by atoms with Gasteiger partial charge in [-0.1, -0.05) is 11.6 Å². The van der Waals surface area contributed by atoms with Gasteiger partial charge in [0.15, 0.2) is 5.56 Å². The van der Waals surface area contributed by atoms with Crippen LogP contribution in [0.15, 0.2) is 0 Å². The topological polar surface area (TPSA) is 26.3 Å². The summed E-state index contributed by atoms with van der Waals surface area (Å²) >= 11 is 5.57. The van der Waals surface area contributed by atoms with Gasteiger partial charge in [-0.3, -0.25) is 4.79 Å². The quantitative estimate of drug-likeness (QED) is 0.386. The maximum Gasteiger partial charge on any atom is 0.307 e. The lowest BCUT2D eigenvalue weighted by atomic mass is 10.2. The smallest absolute Gasteiger partial charge is 0.307 e. The third-order valence-electron chi connectivity index (χ3n) is 1.32. The van der Waals surface area contributed by atoms with Crippen LogP contribution < -0.4 is 0 Å². The number of hydrogen-bond donors (Lipinski definition) is 0. The van der Waals surface area contributed by atoms with Crippen LogP contribution in [0.25, 0.3) is 0 Å². The zero-order chi connectivity index (χ0) is 6.69. The SMILES string of the molecule is O=C1CCCCC(Cl)O1. The molecule has 0 radical (unpaired) electrons. The number of carbonyl (C=O) groups is 1. The van der Waals surface area contributed by atoms with E-state index in [2.05, 4.69) is 0 Å². The van der Waals surface area contributed by atoms with E-state index >= 15 is 0 Å². The van der Waals surface area contributed by atoms with Gasteiger partial charge in [0.25, 0.3) is 0 Å². The molecule has 1 heterocycles. The van der Waals surface area contributed by atoms with Gasteiger partial charge in [-0.2, -0.15) is 0 Å². The molecule has 0 N–H and O–H groups in total. The van der Waals surface area contributed by atoms with Crippen molar-refractivity contribution < 1.29 is 9.53 Å². The fraction of sp³-hybridized carbons (Fsp3) is 0.833. The molecule has 9 heavy (non-hydrogen) atoms. The molecular formula is C6H9ClO2. The number of cyclic esters (lactones) is 1. The Morgan fingerprint density at radius 2 is 2.33 bits per heavy atom. The van der Waals surface area contributed by atoms with E-state index in [0.29, 0.717) is 6.42 Å². The number of hydrogen-bond acceptors (Lipinski definition) is 2. The predicted molar refractivity (Wildman–Crippen MR) is 34.2 cm³/mol. The van der Waals surface area contributed by atoms with Gasteiger partial charge in [-0.05, 0) is 19.3 Å². The van der Waals surface area contributed by atoms with Crippen LogP contribution in [0, 0.1) is 0 Å². The summed E-state index contributed by atoms with van der Waals surface area (Å²) in [6.07, 6.45) is 3.25.